The van der Waals surface area contributed by atoms with Crippen molar-refractivity contribution in [1.82, 2.24) is 5.32 Å². The molecule has 0 aromatic heterocycles. The number of carboxylic acids is 1. The third kappa shape index (κ3) is 27.8. The number of carbonyl (C=O) groups is 2. The Kier molecular flexibility index (Phi) is 23.5. The topological polar surface area (TPSA) is 66.4 Å². The molecule has 0 saturated heterocycles. The van der Waals surface area contributed by atoms with E-state index in [4.69, 9.17) is 5.11 Å². The van der Waals surface area contributed by atoms with Gasteiger partial charge in [0.25, 0.3) is 0 Å². The van der Waals surface area contributed by atoms with Crippen LogP contribution in [-0.2, 0) is 9.59 Å². The second-order valence-corrected chi connectivity index (χ2v) is 6.49. The average molecular weight is 356 g/mol. The molecule has 1 amide bonds. The van der Waals surface area contributed by atoms with Gasteiger partial charge in [-0.3, -0.25) is 9.59 Å². The molecule has 148 valence electrons. The molecular formula is C21H41NO3. The number of carbonyl (C=O) groups excluding carboxylic acids is 1. The van der Waals surface area contributed by atoms with Crippen molar-refractivity contribution in [3.8, 4) is 0 Å². The summed E-state index contributed by atoms with van der Waals surface area (Å²) in [6.45, 7) is 8.06. The van der Waals surface area contributed by atoms with Crippen LogP contribution in [0.1, 0.15) is 104 Å². The van der Waals surface area contributed by atoms with Crippen LogP contribution < -0.4 is 5.32 Å². The lowest BCUT2D eigenvalue weighted by Crippen LogP contribution is -2.19. The zero-order valence-electron chi connectivity index (χ0n) is 16.7. The first-order chi connectivity index (χ1) is 12.1. The van der Waals surface area contributed by atoms with E-state index in [-0.39, 0.29) is 5.91 Å². The Labute approximate surface area is 155 Å². The minimum Gasteiger partial charge on any atom is -0.481 e. The van der Waals surface area contributed by atoms with Crippen LogP contribution in [0.5, 0.6) is 0 Å². The number of hydrogen-bond acceptors (Lipinski definition) is 2. The molecule has 0 atom stereocenters. The van der Waals surface area contributed by atoms with Crippen LogP contribution >= 0.6 is 0 Å². The molecule has 0 aromatic carbocycles. The standard InChI is InChI=1S/C16H32O2.C5H9NO/c1-2-3-4-5-6-7-8-9-10-11-12-13-14-15-16(17)18;1-3-5(7)6-4-2/h2-15H2,1H3,(H,17,18);3H,1,4H2,2H3,(H,6,7). The summed E-state index contributed by atoms with van der Waals surface area (Å²) >= 11 is 0. The minimum absolute atomic E-state index is 0.109. The monoisotopic (exact) mass is 355 g/mol. The molecule has 4 nitrogen and oxygen atoms in total. The first kappa shape index (κ1) is 25.9. The SMILES string of the molecule is C=CC(=O)NCC.CCCCCCCCCCCCCCCC(=O)O. The molecule has 2 N–H and O–H groups in total. The molecule has 4 heteroatoms. The smallest absolute Gasteiger partial charge is 0.303 e. The molecule has 0 unspecified atom stereocenters. The highest BCUT2D eigenvalue weighted by molar-refractivity contribution is 5.86. The zero-order chi connectivity index (χ0) is 19.2. The summed E-state index contributed by atoms with van der Waals surface area (Å²) in [5.74, 6) is -0.763. The van der Waals surface area contributed by atoms with Crippen LogP contribution in [-0.4, -0.2) is 23.5 Å². The number of rotatable bonds is 16. The molecule has 0 rings (SSSR count). The summed E-state index contributed by atoms with van der Waals surface area (Å²) < 4.78 is 0. The van der Waals surface area contributed by atoms with Crippen LogP contribution in [0.15, 0.2) is 12.7 Å². The normalized spacial score (nSPS) is 9.84. The van der Waals surface area contributed by atoms with Gasteiger partial charge in [0, 0.05) is 13.0 Å². The molecule has 25 heavy (non-hydrogen) atoms. The molecule has 0 heterocycles. The zero-order valence-corrected chi connectivity index (χ0v) is 16.7. The van der Waals surface area contributed by atoms with Crippen molar-refractivity contribution in [3.63, 3.8) is 0 Å². The van der Waals surface area contributed by atoms with E-state index in [1.807, 2.05) is 6.92 Å². The molecule has 0 aromatic rings. The largest absolute Gasteiger partial charge is 0.481 e. The highest BCUT2D eigenvalue weighted by Gasteiger charge is 1.96. The Morgan fingerprint density at radius 3 is 1.48 bits per heavy atom. The Balaban J connectivity index is 0. The summed E-state index contributed by atoms with van der Waals surface area (Å²) in [4.78, 5) is 20.5. The van der Waals surface area contributed by atoms with E-state index < -0.39 is 5.97 Å². The number of unbranched alkanes of at least 4 members (excludes halogenated alkanes) is 12. The Morgan fingerprint density at radius 1 is 0.800 bits per heavy atom. The van der Waals surface area contributed by atoms with Crippen LogP contribution in [0.25, 0.3) is 0 Å². The number of carboxylic acid groups (broad SMARTS) is 1. The number of aliphatic carboxylic acids is 1. The third-order valence-corrected chi connectivity index (χ3v) is 4.03. The van der Waals surface area contributed by atoms with E-state index in [9.17, 15) is 9.59 Å². The van der Waals surface area contributed by atoms with Gasteiger partial charge in [-0.05, 0) is 19.4 Å². The Hall–Kier alpha value is -1.32. The molecule has 0 fully saturated rings. The van der Waals surface area contributed by atoms with Crippen LogP contribution in [0.4, 0.5) is 0 Å². The second kappa shape index (κ2) is 22.7. The van der Waals surface area contributed by atoms with Crippen molar-refractivity contribution < 1.29 is 14.7 Å². The lowest BCUT2D eigenvalue weighted by molar-refractivity contribution is -0.137. The predicted molar refractivity (Wildman–Crippen MR) is 107 cm³/mol. The number of nitrogens with one attached hydrogen (secondary N) is 1. The first-order valence-electron chi connectivity index (χ1n) is 10.2. The minimum atomic E-state index is -0.655. The molecular weight excluding hydrogens is 314 g/mol. The van der Waals surface area contributed by atoms with E-state index in [1.54, 1.807) is 0 Å². The molecule has 0 saturated carbocycles. The van der Waals surface area contributed by atoms with Gasteiger partial charge in [-0.15, -0.1) is 0 Å². The lowest BCUT2D eigenvalue weighted by Gasteiger charge is -2.02. The van der Waals surface area contributed by atoms with Gasteiger partial charge in [0.1, 0.15) is 0 Å². The molecule has 0 bridgehead atoms. The highest BCUT2D eigenvalue weighted by atomic mass is 16.4. The van der Waals surface area contributed by atoms with Crippen molar-refractivity contribution in [3.05, 3.63) is 12.7 Å². The van der Waals surface area contributed by atoms with E-state index in [2.05, 4.69) is 18.8 Å². The van der Waals surface area contributed by atoms with E-state index in [0.717, 1.165) is 12.8 Å². The summed E-state index contributed by atoms with van der Waals surface area (Å²) in [6.07, 6.45) is 18.5. The first-order valence-corrected chi connectivity index (χ1v) is 10.2. The number of amides is 1. The molecule has 0 radical (unpaired) electrons. The van der Waals surface area contributed by atoms with Gasteiger partial charge in [-0.25, -0.2) is 0 Å². The Bertz CT molecular complexity index is 316. The summed E-state index contributed by atoms with van der Waals surface area (Å²) in [5, 5.41) is 11.0. The maximum atomic E-state index is 10.3. The van der Waals surface area contributed by atoms with Gasteiger partial charge in [0.2, 0.25) is 5.91 Å². The maximum absolute atomic E-state index is 10.3. The van der Waals surface area contributed by atoms with Crippen LogP contribution in [0.2, 0.25) is 0 Å². The number of hydrogen-bond donors (Lipinski definition) is 2. The average Bonchev–Trinajstić information content (AvgIpc) is 2.59. The van der Waals surface area contributed by atoms with Gasteiger partial charge in [-0.2, -0.15) is 0 Å². The molecule has 0 aliphatic heterocycles. The maximum Gasteiger partial charge on any atom is 0.303 e. The summed E-state index contributed by atoms with van der Waals surface area (Å²) in [6, 6.07) is 0. The van der Waals surface area contributed by atoms with Crippen molar-refractivity contribution in [1.29, 1.82) is 0 Å². The lowest BCUT2D eigenvalue weighted by atomic mass is 10.0. The van der Waals surface area contributed by atoms with Gasteiger partial charge in [0.15, 0.2) is 0 Å². The molecule has 0 aliphatic carbocycles. The summed E-state index contributed by atoms with van der Waals surface area (Å²) in [7, 11) is 0. The molecule has 0 aliphatic rings. The van der Waals surface area contributed by atoms with E-state index in [0.29, 0.717) is 13.0 Å². The van der Waals surface area contributed by atoms with E-state index >= 15 is 0 Å². The fourth-order valence-corrected chi connectivity index (χ4v) is 2.54. The fourth-order valence-electron chi connectivity index (χ4n) is 2.54. The van der Waals surface area contributed by atoms with Gasteiger partial charge in [0.05, 0.1) is 0 Å². The fraction of sp³-hybridized carbons (Fsp3) is 0.810. The summed E-state index contributed by atoms with van der Waals surface area (Å²) in [5.41, 5.74) is 0. The molecule has 0 spiro atoms. The van der Waals surface area contributed by atoms with Gasteiger partial charge < -0.3 is 10.4 Å². The third-order valence-electron chi connectivity index (χ3n) is 4.03. The van der Waals surface area contributed by atoms with Crippen LogP contribution in [0.3, 0.4) is 0 Å². The Morgan fingerprint density at radius 2 is 1.20 bits per heavy atom. The van der Waals surface area contributed by atoms with Crippen molar-refractivity contribution in [2.45, 2.75) is 104 Å². The predicted octanol–water partition coefficient (Wildman–Crippen LogP) is 5.86. The van der Waals surface area contributed by atoms with Crippen LogP contribution in [0, 0.1) is 0 Å². The van der Waals surface area contributed by atoms with Gasteiger partial charge in [-0.1, -0.05) is 90.6 Å². The second-order valence-electron chi connectivity index (χ2n) is 6.49. The number of likely N-dealkylation sites (N-methyl/N-ethyl adjacent to an activating group) is 1. The van der Waals surface area contributed by atoms with Crippen molar-refractivity contribution in [2.75, 3.05) is 6.54 Å². The van der Waals surface area contributed by atoms with Crippen molar-refractivity contribution >= 4 is 11.9 Å². The van der Waals surface area contributed by atoms with Gasteiger partial charge >= 0.3 is 5.97 Å². The quantitative estimate of drug-likeness (QED) is 0.269. The van der Waals surface area contributed by atoms with Crippen molar-refractivity contribution in [2.24, 2.45) is 0 Å². The van der Waals surface area contributed by atoms with E-state index in [1.165, 1.54) is 76.7 Å². The highest BCUT2D eigenvalue weighted by Crippen LogP contribution is 2.12.